The van der Waals surface area contributed by atoms with E-state index in [1.54, 1.807) is 29.3 Å². The van der Waals surface area contributed by atoms with Crippen LogP contribution in [0.5, 0.6) is 0 Å². The van der Waals surface area contributed by atoms with Crippen molar-refractivity contribution in [2.75, 3.05) is 31.5 Å². The van der Waals surface area contributed by atoms with E-state index >= 15 is 0 Å². The fourth-order valence-electron chi connectivity index (χ4n) is 3.55. The Kier molecular flexibility index (Phi) is 6.00. The van der Waals surface area contributed by atoms with E-state index in [1.807, 2.05) is 24.3 Å². The quantitative estimate of drug-likeness (QED) is 0.612. The van der Waals surface area contributed by atoms with Crippen molar-refractivity contribution in [3.05, 3.63) is 54.4 Å². The normalized spacial score (nSPS) is 16.6. The van der Waals surface area contributed by atoms with Crippen molar-refractivity contribution in [1.82, 2.24) is 19.6 Å². The molecule has 1 saturated heterocycles. The minimum atomic E-state index is -0.184. The van der Waals surface area contributed by atoms with Crippen LogP contribution >= 0.6 is 11.5 Å². The summed E-state index contributed by atoms with van der Waals surface area (Å²) in [6.45, 7) is 2.21. The predicted octanol–water partition coefficient (Wildman–Crippen LogP) is 2.77. The summed E-state index contributed by atoms with van der Waals surface area (Å²) in [7, 11) is 0. The average Bonchev–Trinajstić information content (AvgIpc) is 3.20. The molecule has 7 nitrogen and oxygen atoms in total. The predicted molar refractivity (Wildman–Crippen MR) is 114 cm³/mol. The highest BCUT2D eigenvalue weighted by atomic mass is 32.1. The van der Waals surface area contributed by atoms with Crippen molar-refractivity contribution < 1.29 is 9.59 Å². The van der Waals surface area contributed by atoms with Crippen molar-refractivity contribution >= 4 is 39.3 Å². The molecule has 150 valence electrons. The van der Waals surface area contributed by atoms with Gasteiger partial charge >= 0.3 is 0 Å². The minimum Gasteiger partial charge on any atom is -0.367 e. The molecule has 1 aliphatic rings. The van der Waals surface area contributed by atoms with Crippen LogP contribution < -0.4 is 10.6 Å². The van der Waals surface area contributed by atoms with E-state index in [4.69, 9.17) is 0 Å². The number of benzene rings is 1. The first-order chi connectivity index (χ1) is 14.2. The zero-order chi connectivity index (χ0) is 20.1. The highest BCUT2D eigenvalue weighted by molar-refractivity contribution is 7.13. The van der Waals surface area contributed by atoms with Crippen molar-refractivity contribution in [1.29, 1.82) is 0 Å². The fourth-order valence-corrected chi connectivity index (χ4v) is 4.31. The van der Waals surface area contributed by atoms with E-state index in [9.17, 15) is 9.59 Å². The van der Waals surface area contributed by atoms with E-state index in [-0.39, 0.29) is 17.7 Å². The van der Waals surface area contributed by atoms with E-state index in [0.29, 0.717) is 31.9 Å². The summed E-state index contributed by atoms with van der Waals surface area (Å²) in [5.74, 6) is 0.551. The fraction of sp³-hybridized carbons (Fsp3) is 0.333. The standard InChI is InChI=1S/C21H23N5O2S/c27-20(24-12-11-23-19-16-7-1-2-9-18(16)29-25-19)15-6-5-13-26(14-15)21(28)17-8-3-4-10-22-17/h1-4,7-10,15H,5-6,11-14H2,(H,23,25)(H,24,27). The van der Waals surface area contributed by atoms with Gasteiger partial charge < -0.3 is 15.5 Å². The molecule has 2 amide bonds. The molecule has 0 spiro atoms. The summed E-state index contributed by atoms with van der Waals surface area (Å²) < 4.78 is 5.57. The van der Waals surface area contributed by atoms with Gasteiger partial charge in [0, 0.05) is 37.8 Å². The van der Waals surface area contributed by atoms with Crippen LogP contribution in [0.25, 0.3) is 10.1 Å². The van der Waals surface area contributed by atoms with E-state index in [2.05, 4.69) is 20.0 Å². The van der Waals surface area contributed by atoms with Gasteiger partial charge in [-0.1, -0.05) is 18.2 Å². The van der Waals surface area contributed by atoms with Crippen LogP contribution in [-0.4, -0.2) is 52.3 Å². The summed E-state index contributed by atoms with van der Waals surface area (Å²) in [5.41, 5.74) is 0.424. The molecule has 2 aromatic heterocycles. The van der Waals surface area contributed by atoms with Crippen LogP contribution in [-0.2, 0) is 4.79 Å². The van der Waals surface area contributed by atoms with Gasteiger partial charge in [0.25, 0.3) is 5.91 Å². The van der Waals surface area contributed by atoms with Gasteiger partial charge in [-0.2, -0.15) is 4.37 Å². The molecular weight excluding hydrogens is 386 g/mol. The van der Waals surface area contributed by atoms with E-state index in [1.165, 1.54) is 11.5 Å². The number of pyridine rings is 1. The first kappa shape index (κ1) is 19.3. The third-order valence-corrected chi connectivity index (χ3v) is 5.88. The molecule has 4 rings (SSSR count). The lowest BCUT2D eigenvalue weighted by molar-refractivity contribution is -0.126. The molecule has 0 radical (unpaired) electrons. The minimum absolute atomic E-state index is 0.00606. The number of piperidine rings is 1. The Morgan fingerprint density at radius 1 is 1.14 bits per heavy atom. The van der Waals surface area contributed by atoms with Crippen molar-refractivity contribution in [2.45, 2.75) is 12.8 Å². The van der Waals surface area contributed by atoms with Crippen molar-refractivity contribution in [3.8, 4) is 0 Å². The van der Waals surface area contributed by atoms with Gasteiger partial charge in [-0.15, -0.1) is 0 Å². The SMILES string of the molecule is O=C(NCCNc1nsc2ccccc12)C1CCCN(C(=O)c2ccccn2)C1. The van der Waals surface area contributed by atoms with E-state index in [0.717, 1.165) is 28.7 Å². The number of rotatable bonds is 6. The number of nitrogens with one attached hydrogen (secondary N) is 2. The van der Waals surface area contributed by atoms with Crippen molar-refractivity contribution in [2.24, 2.45) is 5.92 Å². The Morgan fingerprint density at radius 3 is 2.86 bits per heavy atom. The number of anilines is 1. The number of fused-ring (bicyclic) bond motifs is 1. The maximum atomic E-state index is 12.6. The van der Waals surface area contributed by atoms with Gasteiger partial charge in [0.1, 0.15) is 11.5 Å². The van der Waals surface area contributed by atoms with Gasteiger partial charge in [-0.05, 0) is 48.6 Å². The molecule has 1 aliphatic heterocycles. The van der Waals surface area contributed by atoms with Crippen LogP contribution in [0.3, 0.4) is 0 Å². The Labute approximate surface area is 173 Å². The topological polar surface area (TPSA) is 87.2 Å². The zero-order valence-electron chi connectivity index (χ0n) is 16.0. The van der Waals surface area contributed by atoms with Crippen LogP contribution in [0, 0.1) is 5.92 Å². The highest BCUT2D eigenvalue weighted by Gasteiger charge is 2.29. The lowest BCUT2D eigenvalue weighted by Gasteiger charge is -2.31. The molecule has 0 bridgehead atoms. The molecule has 2 N–H and O–H groups in total. The highest BCUT2D eigenvalue weighted by Crippen LogP contribution is 2.25. The molecule has 3 aromatic rings. The molecular formula is C21H23N5O2S. The first-order valence-corrected chi connectivity index (χ1v) is 10.6. The van der Waals surface area contributed by atoms with Crippen LogP contribution in [0.1, 0.15) is 23.3 Å². The van der Waals surface area contributed by atoms with Crippen LogP contribution in [0.15, 0.2) is 48.7 Å². The lowest BCUT2D eigenvalue weighted by atomic mass is 9.97. The third-order valence-electron chi connectivity index (χ3n) is 5.06. The van der Waals surface area contributed by atoms with Crippen molar-refractivity contribution in [3.63, 3.8) is 0 Å². The second kappa shape index (κ2) is 9.00. The second-order valence-corrected chi connectivity index (χ2v) is 7.86. The maximum absolute atomic E-state index is 12.6. The monoisotopic (exact) mass is 409 g/mol. The van der Waals surface area contributed by atoms with Gasteiger partial charge in [0.15, 0.2) is 0 Å². The number of nitrogens with zero attached hydrogens (tertiary/aromatic N) is 3. The molecule has 0 aliphatic carbocycles. The molecule has 0 saturated carbocycles. The summed E-state index contributed by atoms with van der Waals surface area (Å²) in [5, 5.41) is 7.37. The lowest BCUT2D eigenvalue weighted by Crippen LogP contribution is -2.46. The van der Waals surface area contributed by atoms with Gasteiger partial charge in [0.2, 0.25) is 5.91 Å². The van der Waals surface area contributed by atoms with Gasteiger partial charge in [-0.25, -0.2) is 0 Å². The maximum Gasteiger partial charge on any atom is 0.272 e. The summed E-state index contributed by atoms with van der Waals surface area (Å²) >= 11 is 1.46. The number of aromatic nitrogens is 2. The third kappa shape index (κ3) is 4.54. The number of hydrogen-bond donors (Lipinski definition) is 2. The Hall–Kier alpha value is -3.00. The number of hydrogen-bond acceptors (Lipinski definition) is 6. The van der Waals surface area contributed by atoms with E-state index < -0.39 is 0 Å². The molecule has 1 fully saturated rings. The Balaban J connectivity index is 1.25. The molecule has 1 atom stereocenters. The molecule has 1 unspecified atom stereocenters. The zero-order valence-corrected chi connectivity index (χ0v) is 16.8. The summed E-state index contributed by atoms with van der Waals surface area (Å²) in [6, 6.07) is 13.4. The van der Waals surface area contributed by atoms with Gasteiger partial charge in [0.05, 0.1) is 10.6 Å². The summed E-state index contributed by atoms with van der Waals surface area (Å²) in [6.07, 6.45) is 3.22. The Morgan fingerprint density at radius 2 is 2.00 bits per heavy atom. The Bertz CT molecular complexity index is 991. The average molecular weight is 410 g/mol. The molecule has 1 aromatic carbocycles. The smallest absolute Gasteiger partial charge is 0.272 e. The molecule has 8 heteroatoms. The second-order valence-electron chi connectivity index (χ2n) is 7.05. The van der Waals surface area contributed by atoms with Gasteiger partial charge in [-0.3, -0.25) is 14.6 Å². The number of carbonyl (C=O) groups is 2. The van der Waals surface area contributed by atoms with Crippen LogP contribution in [0.2, 0.25) is 0 Å². The number of carbonyl (C=O) groups excluding carboxylic acids is 2. The number of likely N-dealkylation sites (tertiary alicyclic amines) is 1. The van der Waals surface area contributed by atoms with Crippen LogP contribution in [0.4, 0.5) is 5.82 Å². The number of amides is 2. The first-order valence-electron chi connectivity index (χ1n) is 9.78. The molecule has 29 heavy (non-hydrogen) atoms. The summed E-state index contributed by atoms with van der Waals surface area (Å²) in [4.78, 5) is 31.0. The largest absolute Gasteiger partial charge is 0.367 e. The molecule has 3 heterocycles.